The van der Waals surface area contributed by atoms with E-state index in [1.165, 1.54) is 31.2 Å². The number of piperidine rings is 2. The van der Waals surface area contributed by atoms with Crippen molar-refractivity contribution in [3.8, 4) is 6.07 Å². The van der Waals surface area contributed by atoms with Crippen LogP contribution < -0.4 is 5.32 Å². The van der Waals surface area contributed by atoms with E-state index in [0.29, 0.717) is 16.0 Å². The minimum atomic E-state index is -4.24. The molecule has 1 N–H and O–H groups in total. The molecule has 5 heterocycles. The van der Waals surface area contributed by atoms with Crippen LogP contribution in [0.2, 0.25) is 0 Å². The number of nitrogens with zero attached hydrogens (tertiary/aromatic N) is 6. The third-order valence-corrected chi connectivity index (χ3v) is 9.30. The molecular weight excluding hydrogens is 547 g/mol. The molecule has 2 saturated heterocycles. The van der Waals surface area contributed by atoms with Gasteiger partial charge in [-0.1, -0.05) is 12.5 Å². The molecule has 11 heteroatoms. The maximum absolute atomic E-state index is 12.9. The van der Waals surface area contributed by atoms with Crippen LogP contribution in [0.25, 0.3) is 21.1 Å². The van der Waals surface area contributed by atoms with Crippen molar-refractivity contribution < 1.29 is 13.2 Å². The number of hydrogen-bond donors (Lipinski definition) is 1. The van der Waals surface area contributed by atoms with Gasteiger partial charge in [0, 0.05) is 54.5 Å². The van der Waals surface area contributed by atoms with Gasteiger partial charge < -0.3 is 14.8 Å². The van der Waals surface area contributed by atoms with E-state index in [1.807, 2.05) is 6.07 Å². The van der Waals surface area contributed by atoms with Gasteiger partial charge in [0.25, 0.3) is 0 Å². The van der Waals surface area contributed by atoms with E-state index in [1.54, 1.807) is 6.07 Å². The molecule has 0 amide bonds. The predicted molar refractivity (Wildman–Crippen MR) is 156 cm³/mol. The number of nitriles is 1. The summed E-state index contributed by atoms with van der Waals surface area (Å²) in [6.45, 7) is 6.77. The Labute approximate surface area is 241 Å². The summed E-state index contributed by atoms with van der Waals surface area (Å²) in [4.78, 5) is 14.3. The zero-order chi connectivity index (χ0) is 28.4. The van der Waals surface area contributed by atoms with Crippen molar-refractivity contribution >= 4 is 38.3 Å². The number of likely N-dealkylation sites (tertiary alicyclic amines) is 2. The monoisotopic (exact) mass is 581 g/mol. The van der Waals surface area contributed by atoms with Gasteiger partial charge >= 0.3 is 6.18 Å². The number of rotatable bonds is 8. The summed E-state index contributed by atoms with van der Waals surface area (Å²) in [6, 6.07) is 12.7. The fraction of sp³-hybridized carbons (Fsp3) is 0.500. The fourth-order valence-electron chi connectivity index (χ4n) is 6.17. The van der Waals surface area contributed by atoms with Crippen molar-refractivity contribution in [1.82, 2.24) is 24.3 Å². The van der Waals surface area contributed by atoms with Crippen molar-refractivity contribution in [2.75, 3.05) is 38.0 Å². The standard InChI is InChI=1S/C30H34F3N7S/c31-30(32,33)17-25-16-26-28(35-20-36-29(26)41-25)37-23-6-10-39(11-7-23)19-21-4-5-27-22(14-21)15-24(18-34)40(27)13-12-38-8-2-1-3-9-38/h4-5,14-16,20,23H,1-3,6-13,17,19H2,(H,35,36,37). The number of alkyl halides is 3. The van der Waals surface area contributed by atoms with E-state index >= 15 is 0 Å². The minimum Gasteiger partial charge on any atom is -0.367 e. The van der Waals surface area contributed by atoms with Gasteiger partial charge in [-0.25, -0.2) is 9.97 Å². The molecular formula is C30H34F3N7S. The molecule has 2 aliphatic heterocycles. The van der Waals surface area contributed by atoms with Crippen LogP contribution in [-0.4, -0.2) is 69.3 Å². The number of anilines is 1. The smallest absolute Gasteiger partial charge is 0.367 e. The van der Waals surface area contributed by atoms with E-state index in [9.17, 15) is 18.4 Å². The molecule has 1 aromatic carbocycles. The maximum atomic E-state index is 12.9. The number of aromatic nitrogens is 3. The second-order valence-electron chi connectivity index (χ2n) is 11.2. The highest BCUT2D eigenvalue weighted by Crippen LogP contribution is 2.33. The summed E-state index contributed by atoms with van der Waals surface area (Å²) in [7, 11) is 0. The molecule has 0 spiro atoms. The average Bonchev–Trinajstić information content (AvgIpc) is 3.53. The molecule has 6 rings (SSSR count). The summed E-state index contributed by atoms with van der Waals surface area (Å²) < 4.78 is 40.8. The van der Waals surface area contributed by atoms with Crippen LogP contribution in [0.3, 0.4) is 0 Å². The molecule has 0 atom stereocenters. The molecule has 0 bridgehead atoms. The lowest BCUT2D eigenvalue weighted by atomic mass is 10.0. The van der Waals surface area contributed by atoms with Gasteiger partial charge in [0.1, 0.15) is 28.7 Å². The molecule has 216 valence electrons. The molecule has 0 unspecified atom stereocenters. The van der Waals surface area contributed by atoms with Crippen LogP contribution in [0.15, 0.2) is 36.7 Å². The molecule has 0 radical (unpaired) electrons. The quantitative estimate of drug-likeness (QED) is 0.268. The maximum Gasteiger partial charge on any atom is 0.393 e. The Hall–Kier alpha value is -3.20. The molecule has 3 aromatic heterocycles. The Morgan fingerprint density at radius 1 is 0.976 bits per heavy atom. The van der Waals surface area contributed by atoms with Gasteiger partial charge in [-0.2, -0.15) is 18.4 Å². The summed E-state index contributed by atoms with van der Waals surface area (Å²) >= 11 is 1.07. The Kier molecular flexibility index (Phi) is 8.15. The predicted octanol–water partition coefficient (Wildman–Crippen LogP) is 6.18. The van der Waals surface area contributed by atoms with E-state index in [-0.39, 0.29) is 10.9 Å². The van der Waals surface area contributed by atoms with Gasteiger partial charge in [0.15, 0.2) is 0 Å². The Morgan fingerprint density at radius 3 is 2.54 bits per heavy atom. The second kappa shape index (κ2) is 12.0. The molecule has 2 aliphatic rings. The zero-order valence-electron chi connectivity index (χ0n) is 23.0. The van der Waals surface area contributed by atoms with Crippen molar-refractivity contribution in [3.63, 3.8) is 0 Å². The number of thiophene rings is 1. The van der Waals surface area contributed by atoms with Crippen molar-refractivity contribution in [3.05, 3.63) is 52.8 Å². The highest BCUT2D eigenvalue weighted by atomic mass is 32.1. The molecule has 4 aromatic rings. The van der Waals surface area contributed by atoms with Crippen LogP contribution in [0.1, 0.15) is 48.2 Å². The SMILES string of the molecule is N#Cc1cc2cc(CN3CCC(Nc4ncnc5sc(CC(F)(F)F)cc45)CC3)ccc2n1CCN1CCCCC1. The normalized spacial score (nSPS) is 17.8. The minimum absolute atomic E-state index is 0.199. The van der Waals surface area contributed by atoms with Gasteiger partial charge in [-0.3, -0.25) is 4.90 Å². The van der Waals surface area contributed by atoms with E-state index < -0.39 is 12.6 Å². The number of nitrogens with one attached hydrogen (secondary N) is 1. The van der Waals surface area contributed by atoms with Crippen LogP contribution in [0.4, 0.5) is 19.0 Å². The van der Waals surface area contributed by atoms with Crippen LogP contribution in [0, 0.1) is 11.3 Å². The van der Waals surface area contributed by atoms with Crippen LogP contribution >= 0.6 is 11.3 Å². The van der Waals surface area contributed by atoms with E-state index in [4.69, 9.17) is 0 Å². The average molecular weight is 582 g/mol. The lowest BCUT2D eigenvalue weighted by Crippen LogP contribution is -2.38. The number of hydrogen-bond acceptors (Lipinski definition) is 7. The topological polar surface area (TPSA) is 73.0 Å². The third-order valence-electron chi connectivity index (χ3n) is 8.26. The third kappa shape index (κ3) is 6.66. The summed E-state index contributed by atoms with van der Waals surface area (Å²) in [5.74, 6) is 0.613. The van der Waals surface area contributed by atoms with Crippen molar-refractivity contribution in [2.24, 2.45) is 0 Å². The lowest BCUT2D eigenvalue weighted by Gasteiger charge is -2.32. The second-order valence-corrected chi connectivity index (χ2v) is 12.3. The van der Waals surface area contributed by atoms with E-state index in [2.05, 4.69) is 53.9 Å². The first-order chi connectivity index (χ1) is 19.8. The highest BCUT2D eigenvalue weighted by Gasteiger charge is 2.29. The Morgan fingerprint density at radius 2 is 1.78 bits per heavy atom. The molecule has 0 saturated carbocycles. The number of fused-ring (bicyclic) bond motifs is 2. The van der Waals surface area contributed by atoms with Crippen molar-refractivity contribution in [2.45, 2.75) is 63.8 Å². The first-order valence-electron chi connectivity index (χ1n) is 14.4. The number of benzene rings is 1. The molecule has 41 heavy (non-hydrogen) atoms. The zero-order valence-corrected chi connectivity index (χ0v) is 23.8. The fourth-order valence-corrected chi connectivity index (χ4v) is 7.20. The number of halogens is 3. The largest absolute Gasteiger partial charge is 0.393 e. The van der Waals surface area contributed by atoms with Crippen molar-refractivity contribution in [1.29, 1.82) is 5.26 Å². The first kappa shape index (κ1) is 27.9. The summed E-state index contributed by atoms with van der Waals surface area (Å²) in [5.41, 5.74) is 3.07. The molecule has 7 nitrogen and oxygen atoms in total. The van der Waals surface area contributed by atoms with E-state index in [0.717, 1.165) is 86.6 Å². The van der Waals surface area contributed by atoms with Crippen LogP contribution in [-0.2, 0) is 19.5 Å². The van der Waals surface area contributed by atoms with Gasteiger partial charge in [-0.15, -0.1) is 11.3 Å². The van der Waals surface area contributed by atoms with Gasteiger partial charge in [-0.05, 0) is 68.6 Å². The summed E-state index contributed by atoms with van der Waals surface area (Å²) in [5, 5.41) is 15.0. The first-order valence-corrected chi connectivity index (χ1v) is 15.2. The molecule has 2 fully saturated rings. The van der Waals surface area contributed by atoms with Gasteiger partial charge in [0.05, 0.1) is 11.8 Å². The molecule has 0 aliphatic carbocycles. The highest BCUT2D eigenvalue weighted by molar-refractivity contribution is 7.18. The lowest BCUT2D eigenvalue weighted by molar-refractivity contribution is -0.126. The Bertz CT molecular complexity index is 1540. The van der Waals surface area contributed by atoms with Crippen LogP contribution in [0.5, 0.6) is 0 Å². The Balaban J connectivity index is 1.06. The van der Waals surface area contributed by atoms with Gasteiger partial charge in [0.2, 0.25) is 0 Å². The summed E-state index contributed by atoms with van der Waals surface area (Å²) in [6.07, 6.45) is 1.91.